The molecule has 0 aliphatic heterocycles. The van der Waals surface area contributed by atoms with Gasteiger partial charge >= 0.3 is 0 Å². The number of nitrogens with two attached hydrogens (primary N) is 1. The maximum Gasteiger partial charge on any atom is 0.273 e. The second kappa shape index (κ2) is 5.84. The number of anilines is 1. The van der Waals surface area contributed by atoms with Crippen LogP contribution in [-0.2, 0) is 4.79 Å². The van der Waals surface area contributed by atoms with Crippen LogP contribution in [-0.4, -0.2) is 11.6 Å². The lowest BCUT2D eigenvalue weighted by atomic mass is 10.1. The molecule has 4 N–H and O–H groups in total. The Morgan fingerprint density at radius 1 is 1.35 bits per heavy atom. The van der Waals surface area contributed by atoms with E-state index in [4.69, 9.17) is 11.1 Å². The van der Waals surface area contributed by atoms with E-state index in [-0.39, 0.29) is 5.71 Å². The summed E-state index contributed by atoms with van der Waals surface area (Å²) in [5.41, 5.74) is 7.39. The molecule has 0 saturated heterocycles. The van der Waals surface area contributed by atoms with Gasteiger partial charge < -0.3 is 11.1 Å². The lowest BCUT2D eigenvalue weighted by Crippen LogP contribution is -2.24. The molecule has 0 spiro atoms. The van der Waals surface area contributed by atoms with Crippen molar-refractivity contribution in [2.75, 3.05) is 5.32 Å². The average Bonchev–Trinajstić information content (AvgIpc) is 2.37. The average molecular weight is 231 g/mol. The van der Waals surface area contributed by atoms with Gasteiger partial charge in [0.05, 0.1) is 0 Å². The molecule has 0 heterocycles. The third-order valence-electron chi connectivity index (χ3n) is 2.50. The van der Waals surface area contributed by atoms with E-state index in [9.17, 15) is 4.79 Å². The number of carbonyl (C=O) groups excluding carboxylic acids is 1. The van der Waals surface area contributed by atoms with Crippen molar-refractivity contribution in [2.24, 2.45) is 5.73 Å². The molecule has 1 amide bonds. The Balaban J connectivity index is 2.76. The van der Waals surface area contributed by atoms with Crippen molar-refractivity contribution in [2.45, 2.75) is 20.3 Å². The maximum atomic E-state index is 11.7. The molecule has 0 aromatic heterocycles. The van der Waals surface area contributed by atoms with E-state index in [1.807, 2.05) is 25.1 Å². The molecule has 17 heavy (non-hydrogen) atoms. The molecular weight excluding hydrogens is 214 g/mol. The van der Waals surface area contributed by atoms with Crippen molar-refractivity contribution in [1.82, 2.24) is 0 Å². The van der Waals surface area contributed by atoms with Gasteiger partial charge in [0.1, 0.15) is 5.71 Å². The molecule has 1 rings (SSSR count). The first-order chi connectivity index (χ1) is 8.06. The summed E-state index contributed by atoms with van der Waals surface area (Å²) in [6.07, 6.45) is 0.632. The summed E-state index contributed by atoms with van der Waals surface area (Å²) >= 11 is 0. The van der Waals surface area contributed by atoms with Gasteiger partial charge in [-0.2, -0.15) is 0 Å². The number of hydrogen-bond acceptors (Lipinski definition) is 3. The number of benzene rings is 1. The van der Waals surface area contributed by atoms with E-state index >= 15 is 0 Å². The number of para-hydroxylation sites is 1. The molecule has 0 aliphatic carbocycles. The minimum absolute atomic E-state index is 0.0896. The van der Waals surface area contributed by atoms with Gasteiger partial charge in [-0.15, -0.1) is 0 Å². The molecule has 1 aromatic carbocycles. The van der Waals surface area contributed by atoms with Crippen LogP contribution in [0.2, 0.25) is 0 Å². The molecule has 1 aromatic rings. The van der Waals surface area contributed by atoms with Gasteiger partial charge in [-0.05, 0) is 31.1 Å². The van der Waals surface area contributed by atoms with Crippen molar-refractivity contribution in [3.8, 4) is 0 Å². The van der Waals surface area contributed by atoms with Gasteiger partial charge in [-0.3, -0.25) is 10.2 Å². The number of carbonyl (C=O) groups is 1. The molecule has 4 nitrogen and oxygen atoms in total. The predicted molar refractivity (Wildman–Crippen MR) is 70.0 cm³/mol. The Hall–Kier alpha value is -2.10. The number of allylic oxidation sites excluding steroid dienone is 1. The van der Waals surface area contributed by atoms with Gasteiger partial charge in [0.2, 0.25) is 0 Å². The monoisotopic (exact) mass is 231 g/mol. The minimum atomic E-state index is -0.440. The molecule has 0 atom stereocenters. The highest BCUT2D eigenvalue weighted by Gasteiger charge is 2.13. The Labute approximate surface area is 101 Å². The molecule has 4 heteroatoms. The van der Waals surface area contributed by atoms with E-state index in [1.165, 1.54) is 0 Å². The molecule has 0 radical (unpaired) electrons. The number of nitrogens with one attached hydrogen (secondary N) is 2. The van der Waals surface area contributed by atoms with Gasteiger partial charge in [-0.25, -0.2) is 0 Å². The van der Waals surface area contributed by atoms with E-state index < -0.39 is 5.91 Å². The van der Waals surface area contributed by atoms with Crippen molar-refractivity contribution in [1.29, 1.82) is 5.41 Å². The number of rotatable bonds is 4. The van der Waals surface area contributed by atoms with Crippen LogP contribution in [0.4, 0.5) is 5.69 Å². The number of amides is 1. The van der Waals surface area contributed by atoms with E-state index in [1.54, 1.807) is 19.1 Å². The lowest BCUT2D eigenvalue weighted by molar-refractivity contribution is -0.110. The number of hydrogen-bond donors (Lipinski definition) is 3. The van der Waals surface area contributed by atoms with Gasteiger partial charge in [0, 0.05) is 11.4 Å². The predicted octanol–water partition coefficient (Wildman–Crippen LogP) is 2.29. The summed E-state index contributed by atoms with van der Waals surface area (Å²) in [7, 11) is 0. The fourth-order valence-electron chi connectivity index (χ4n) is 1.31. The second-order valence-electron chi connectivity index (χ2n) is 3.70. The summed E-state index contributed by atoms with van der Waals surface area (Å²) in [6, 6.07) is 9.05. The van der Waals surface area contributed by atoms with Gasteiger partial charge in [0.25, 0.3) is 5.91 Å². The highest BCUT2D eigenvalue weighted by Crippen LogP contribution is 2.08. The van der Waals surface area contributed by atoms with Crippen LogP contribution in [0.3, 0.4) is 0 Å². The summed E-state index contributed by atoms with van der Waals surface area (Å²) in [5.74, 6) is -0.440. The Morgan fingerprint density at radius 3 is 2.47 bits per heavy atom. The smallest absolute Gasteiger partial charge is 0.273 e. The molecule has 0 fully saturated rings. The summed E-state index contributed by atoms with van der Waals surface area (Å²) in [4.78, 5) is 11.7. The van der Waals surface area contributed by atoms with Crippen LogP contribution < -0.4 is 11.1 Å². The van der Waals surface area contributed by atoms with Crippen molar-refractivity contribution in [3.05, 3.63) is 41.6 Å². The van der Waals surface area contributed by atoms with Gasteiger partial charge in [0.15, 0.2) is 0 Å². The summed E-state index contributed by atoms with van der Waals surface area (Å²) in [5, 5.41) is 10.4. The first kappa shape index (κ1) is 13.0. The van der Waals surface area contributed by atoms with Crippen LogP contribution in [0.15, 0.2) is 41.6 Å². The van der Waals surface area contributed by atoms with Crippen molar-refractivity contribution in [3.63, 3.8) is 0 Å². The zero-order chi connectivity index (χ0) is 12.8. The van der Waals surface area contributed by atoms with Crippen LogP contribution in [0.25, 0.3) is 0 Å². The first-order valence-electron chi connectivity index (χ1n) is 5.46. The maximum absolute atomic E-state index is 11.7. The summed E-state index contributed by atoms with van der Waals surface area (Å²) in [6.45, 7) is 3.58. The minimum Gasteiger partial charge on any atom is -0.402 e. The fraction of sp³-hybridized carbons (Fsp3) is 0.231. The lowest BCUT2D eigenvalue weighted by Gasteiger charge is -2.08. The Morgan fingerprint density at radius 2 is 1.94 bits per heavy atom. The molecule has 0 unspecified atom stereocenters. The Bertz CT molecular complexity index is 449. The summed E-state index contributed by atoms with van der Waals surface area (Å²) < 4.78 is 0. The fourth-order valence-corrected chi connectivity index (χ4v) is 1.31. The van der Waals surface area contributed by atoms with E-state index in [0.29, 0.717) is 23.4 Å². The second-order valence-corrected chi connectivity index (χ2v) is 3.70. The molecule has 0 bridgehead atoms. The van der Waals surface area contributed by atoms with E-state index in [0.717, 1.165) is 0 Å². The van der Waals surface area contributed by atoms with Crippen LogP contribution >= 0.6 is 0 Å². The normalized spacial score (nSPS) is 11.6. The first-order valence-corrected chi connectivity index (χ1v) is 5.46. The Kier molecular flexibility index (Phi) is 4.46. The van der Waals surface area contributed by atoms with Crippen LogP contribution in [0, 0.1) is 5.41 Å². The quantitative estimate of drug-likeness (QED) is 0.695. The van der Waals surface area contributed by atoms with Crippen molar-refractivity contribution >= 4 is 17.3 Å². The molecule has 0 aliphatic rings. The standard InChI is InChI=1S/C13H17N3O/c1-3-11(14)9(2)12(15)13(17)16-10-7-5-4-6-8-10/h4-8,15H,3,14H2,1-2H3,(H,16,17)/b11-9-,15-12?. The molecule has 90 valence electrons. The highest BCUT2D eigenvalue weighted by molar-refractivity contribution is 6.47. The topological polar surface area (TPSA) is 79.0 Å². The SMILES string of the molecule is CC/C(N)=C(\C)C(=N)C(=O)Nc1ccccc1. The van der Waals surface area contributed by atoms with Crippen LogP contribution in [0.5, 0.6) is 0 Å². The van der Waals surface area contributed by atoms with Crippen LogP contribution in [0.1, 0.15) is 20.3 Å². The third kappa shape index (κ3) is 3.45. The zero-order valence-electron chi connectivity index (χ0n) is 10.1. The molecule has 0 saturated carbocycles. The van der Waals surface area contributed by atoms with E-state index in [2.05, 4.69) is 5.32 Å². The van der Waals surface area contributed by atoms with Gasteiger partial charge in [-0.1, -0.05) is 25.1 Å². The zero-order valence-corrected chi connectivity index (χ0v) is 10.1. The van der Waals surface area contributed by atoms with Crippen molar-refractivity contribution < 1.29 is 4.79 Å². The highest BCUT2D eigenvalue weighted by atomic mass is 16.1. The third-order valence-corrected chi connectivity index (χ3v) is 2.50. The molecular formula is C13H17N3O. The largest absolute Gasteiger partial charge is 0.402 e.